The number of carbonyl (C=O) groups excluding carboxylic acids is 2. The van der Waals surface area contributed by atoms with Gasteiger partial charge in [-0.05, 0) is 0 Å². The molecule has 0 heterocycles. The molecule has 0 aromatic rings. The zero-order valence-corrected chi connectivity index (χ0v) is 26.1. The lowest BCUT2D eigenvalue weighted by molar-refractivity contribution is -0.111. The highest BCUT2D eigenvalue weighted by Crippen LogP contribution is 2.10. The number of hydrogen-bond donors (Lipinski definition) is 2. The summed E-state index contributed by atoms with van der Waals surface area (Å²) in [6.45, 7) is 12.7. The first kappa shape index (κ1) is 41.2. The molecule has 208 valence electrons. The van der Waals surface area contributed by atoms with E-state index >= 15 is 0 Å². The standard InChI is InChI=1S/2C12H26.2C3H6OS/c2*1-3-5-7-9-11-12-10-8-6-4-2;2*1-2-3(4)5/h2*3-12H2,1-2H3;2*2H2,1H3,(H,4,5). The van der Waals surface area contributed by atoms with E-state index < -0.39 is 0 Å². The van der Waals surface area contributed by atoms with E-state index in [1.165, 1.54) is 128 Å². The first-order valence-corrected chi connectivity index (χ1v) is 15.7. The molecule has 0 aliphatic heterocycles. The topological polar surface area (TPSA) is 34.1 Å². The molecule has 0 aliphatic carbocycles. The van der Waals surface area contributed by atoms with E-state index in [2.05, 4.69) is 53.0 Å². The van der Waals surface area contributed by atoms with Gasteiger partial charge in [0.25, 0.3) is 0 Å². The molecule has 0 saturated carbocycles. The highest BCUT2D eigenvalue weighted by Gasteiger charge is 1.91. The van der Waals surface area contributed by atoms with Crippen molar-refractivity contribution in [2.24, 2.45) is 0 Å². The number of thiol groups is 2. The highest BCUT2D eigenvalue weighted by molar-refractivity contribution is 7.96. The third-order valence-electron chi connectivity index (χ3n) is 5.52. The Kier molecular flexibility index (Phi) is 52.2. The summed E-state index contributed by atoms with van der Waals surface area (Å²) in [6.07, 6.45) is 29.9. The lowest BCUT2D eigenvalue weighted by Gasteiger charge is -1.99. The highest BCUT2D eigenvalue weighted by atomic mass is 32.1. The molecule has 2 nitrogen and oxygen atoms in total. The zero-order valence-electron chi connectivity index (χ0n) is 24.3. The normalized spacial score (nSPS) is 9.65. The zero-order chi connectivity index (χ0) is 26.7. The lowest BCUT2D eigenvalue weighted by Crippen LogP contribution is -1.80. The molecule has 0 radical (unpaired) electrons. The second kappa shape index (κ2) is 43.1. The van der Waals surface area contributed by atoms with Crippen molar-refractivity contribution in [2.45, 2.75) is 183 Å². The van der Waals surface area contributed by atoms with Crippen LogP contribution in [0.4, 0.5) is 0 Å². The van der Waals surface area contributed by atoms with Gasteiger partial charge in [0.1, 0.15) is 0 Å². The average Bonchev–Trinajstić information content (AvgIpc) is 2.83. The van der Waals surface area contributed by atoms with Crippen molar-refractivity contribution >= 4 is 35.5 Å². The second-order valence-electron chi connectivity index (χ2n) is 9.15. The number of rotatable bonds is 20. The largest absolute Gasteiger partial charge is 0.288 e. The fraction of sp³-hybridized carbons (Fsp3) is 0.933. The Balaban J connectivity index is -0.000000191. The van der Waals surface area contributed by atoms with E-state index in [9.17, 15) is 9.59 Å². The maximum Gasteiger partial charge on any atom is 0.185 e. The summed E-state index contributed by atoms with van der Waals surface area (Å²) >= 11 is 6.92. The van der Waals surface area contributed by atoms with Crippen molar-refractivity contribution in [3.63, 3.8) is 0 Å². The van der Waals surface area contributed by atoms with Crippen LogP contribution >= 0.6 is 25.3 Å². The van der Waals surface area contributed by atoms with Crippen LogP contribution in [0.3, 0.4) is 0 Å². The molecular weight excluding hydrogens is 456 g/mol. The van der Waals surface area contributed by atoms with Crippen molar-refractivity contribution in [3.8, 4) is 0 Å². The van der Waals surface area contributed by atoms with Crippen LogP contribution in [0.5, 0.6) is 0 Å². The molecule has 34 heavy (non-hydrogen) atoms. The summed E-state index contributed by atoms with van der Waals surface area (Å²) in [6, 6.07) is 0. The predicted octanol–water partition coefficient (Wildman–Crippen LogP) is 11.6. The third-order valence-corrected chi connectivity index (χ3v) is 6.15. The molecule has 0 spiro atoms. The predicted molar refractivity (Wildman–Crippen MR) is 164 cm³/mol. The smallest absolute Gasteiger partial charge is 0.185 e. The molecule has 0 amide bonds. The molecular formula is C30H64O2S2. The van der Waals surface area contributed by atoms with Gasteiger partial charge in [-0.2, -0.15) is 0 Å². The molecule has 0 unspecified atom stereocenters. The first-order valence-electron chi connectivity index (χ1n) is 14.8. The van der Waals surface area contributed by atoms with Crippen LogP contribution in [0.15, 0.2) is 0 Å². The molecule has 0 rings (SSSR count). The van der Waals surface area contributed by atoms with E-state index in [4.69, 9.17) is 0 Å². The van der Waals surface area contributed by atoms with Gasteiger partial charge in [0.15, 0.2) is 10.2 Å². The SMILES string of the molecule is CCC(=O)S.CCC(=O)S.CCCCCCCCCCCC.CCCCCCCCCCCC. The van der Waals surface area contributed by atoms with Gasteiger partial charge >= 0.3 is 0 Å². The number of carbonyl (C=O) groups is 2. The van der Waals surface area contributed by atoms with Gasteiger partial charge in [-0.3, -0.25) is 9.59 Å². The van der Waals surface area contributed by atoms with Crippen LogP contribution in [0.25, 0.3) is 0 Å². The fourth-order valence-electron chi connectivity index (χ4n) is 3.12. The van der Waals surface area contributed by atoms with Gasteiger partial charge in [0.05, 0.1) is 0 Å². The molecule has 0 aromatic heterocycles. The minimum absolute atomic E-state index is 0.0509. The summed E-state index contributed by atoms with van der Waals surface area (Å²) in [4.78, 5) is 19.4. The number of hydrogen-bond acceptors (Lipinski definition) is 2. The fourth-order valence-corrected chi connectivity index (χ4v) is 3.12. The van der Waals surface area contributed by atoms with Crippen LogP contribution in [0.2, 0.25) is 0 Å². The Labute approximate surface area is 227 Å². The summed E-state index contributed by atoms with van der Waals surface area (Å²) in [5, 5.41) is -0.102. The Morgan fingerprint density at radius 3 is 0.559 bits per heavy atom. The second-order valence-corrected chi connectivity index (χ2v) is 10.1. The Morgan fingerprint density at radius 1 is 0.353 bits per heavy atom. The lowest BCUT2D eigenvalue weighted by atomic mass is 10.1. The minimum atomic E-state index is -0.0509. The van der Waals surface area contributed by atoms with Crippen molar-refractivity contribution in [1.29, 1.82) is 0 Å². The molecule has 0 bridgehead atoms. The van der Waals surface area contributed by atoms with Gasteiger partial charge in [0.2, 0.25) is 0 Å². The molecule has 0 aliphatic rings. The van der Waals surface area contributed by atoms with E-state index in [-0.39, 0.29) is 10.2 Å². The minimum Gasteiger partial charge on any atom is -0.288 e. The monoisotopic (exact) mass is 520 g/mol. The molecule has 0 atom stereocenters. The Hall–Kier alpha value is 0.0400. The maximum absolute atomic E-state index is 9.68. The third kappa shape index (κ3) is 63.5. The van der Waals surface area contributed by atoms with Crippen LogP contribution in [0, 0.1) is 0 Å². The van der Waals surface area contributed by atoms with E-state index in [1.54, 1.807) is 13.8 Å². The van der Waals surface area contributed by atoms with Gasteiger partial charge < -0.3 is 0 Å². The Bertz CT molecular complexity index is 306. The van der Waals surface area contributed by atoms with Crippen molar-refractivity contribution < 1.29 is 9.59 Å². The quantitative estimate of drug-likeness (QED) is 0.124. The molecule has 0 N–H and O–H groups in total. The van der Waals surface area contributed by atoms with Crippen LogP contribution in [-0.2, 0) is 9.59 Å². The summed E-state index contributed by atoms with van der Waals surface area (Å²) in [5.41, 5.74) is 0. The van der Waals surface area contributed by atoms with Crippen LogP contribution < -0.4 is 0 Å². The molecule has 0 aromatic carbocycles. The van der Waals surface area contributed by atoms with E-state index in [1.807, 2.05) is 0 Å². The van der Waals surface area contributed by atoms with Crippen LogP contribution in [0.1, 0.15) is 183 Å². The van der Waals surface area contributed by atoms with Gasteiger partial charge in [-0.15, -0.1) is 25.3 Å². The summed E-state index contributed by atoms with van der Waals surface area (Å²) in [5.74, 6) is 0. The summed E-state index contributed by atoms with van der Waals surface area (Å²) in [7, 11) is 0. The van der Waals surface area contributed by atoms with E-state index in [0.29, 0.717) is 12.8 Å². The van der Waals surface area contributed by atoms with Crippen molar-refractivity contribution in [2.75, 3.05) is 0 Å². The maximum atomic E-state index is 9.68. The average molecular weight is 521 g/mol. The van der Waals surface area contributed by atoms with Crippen molar-refractivity contribution in [1.82, 2.24) is 0 Å². The van der Waals surface area contributed by atoms with Gasteiger partial charge in [-0.25, -0.2) is 0 Å². The number of unbranched alkanes of at least 4 members (excludes halogenated alkanes) is 18. The van der Waals surface area contributed by atoms with Crippen LogP contribution in [-0.4, -0.2) is 10.2 Å². The Morgan fingerprint density at radius 2 is 0.471 bits per heavy atom. The molecule has 0 saturated heterocycles. The van der Waals surface area contributed by atoms with Crippen molar-refractivity contribution in [3.05, 3.63) is 0 Å². The molecule has 0 fully saturated rings. The van der Waals surface area contributed by atoms with Gasteiger partial charge in [0, 0.05) is 12.8 Å². The first-order chi connectivity index (χ1) is 16.4. The van der Waals surface area contributed by atoms with E-state index in [0.717, 1.165) is 0 Å². The molecule has 4 heteroatoms. The van der Waals surface area contributed by atoms with Gasteiger partial charge in [-0.1, -0.05) is 170 Å². The summed E-state index contributed by atoms with van der Waals surface area (Å²) < 4.78 is 0.